The van der Waals surface area contributed by atoms with Gasteiger partial charge in [-0.05, 0) is 53.8 Å². The molecule has 1 aliphatic heterocycles. The van der Waals surface area contributed by atoms with Crippen molar-refractivity contribution in [1.82, 2.24) is 19.8 Å². The number of anilines is 1. The van der Waals surface area contributed by atoms with Crippen LogP contribution in [-0.4, -0.2) is 40.6 Å². The minimum Gasteiger partial charge on any atom is -0.496 e. The third-order valence-corrected chi connectivity index (χ3v) is 8.49. The van der Waals surface area contributed by atoms with E-state index in [1.54, 1.807) is 24.3 Å². The summed E-state index contributed by atoms with van der Waals surface area (Å²) in [7, 11) is 4.25. The molecule has 12 heteroatoms. The van der Waals surface area contributed by atoms with Gasteiger partial charge in [-0.25, -0.2) is 9.18 Å². The smallest absolute Gasteiger partial charge is 0.330 e. The molecule has 5 rings (SSSR count). The van der Waals surface area contributed by atoms with E-state index >= 15 is 4.39 Å². The summed E-state index contributed by atoms with van der Waals surface area (Å²) < 4.78 is 23.1. The van der Waals surface area contributed by atoms with Gasteiger partial charge in [0, 0.05) is 57.0 Å². The molecular formula is C33H33ClFN5O5. The predicted molar refractivity (Wildman–Crippen MR) is 171 cm³/mol. The predicted octanol–water partition coefficient (Wildman–Crippen LogP) is 4.15. The highest BCUT2D eigenvalue weighted by Crippen LogP contribution is 2.39. The Balaban J connectivity index is 1.44. The normalized spacial score (nSPS) is 14.6. The summed E-state index contributed by atoms with van der Waals surface area (Å²) in [4.78, 5) is 49.1. The van der Waals surface area contributed by atoms with E-state index < -0.39 is 23.0 Å². The second-order valence-corrected chi connectivity index (χ2v) is 11.3. The molecule has 1 atom stereocenters. The molecule has 0 aliphatic carbocycles. The van der Waals surface area contributed by atoms with Crippen LogP contribution in [0.15, 0.2) is 64.3 Å². The number of nitrogens with one attached hydrogen (secondary N) is 3. The number of halogens is 2. The van der Waals surface area contributed by atoms with Gasteiger partial charge in [-0.2, -0.15) is 0 Å². The Morgan fingerprint density at radius 1 is 1.09 bits per heavy atom. The van der Waals surface area contributed by atoms with E-state index in [0.717, 1.165) is 25.8 Å². The number of nitrogens with zero attached hydrogens (tertiary/aromatic N) is 2. The van der Waals surface area contributed by atoms with Crippen LogP contribution < -0.4 is 31.9 Å². The van der Waals surface area contributed by atoms with Crippen LogP contribution in [0.2, 0.25) is 5.02 Å². The van der Waals surface area contributed by atoms with Crippen molar-refractivity contribution in [3.05, 3.63) is 103 Å². The number of aromatic nitrogens is 2. The molecule has 10 nitrogen and oxygen atoms in total. The molecule has 1 aromatic heterocycles. The second kappa shape index (κ2) is 13.1. The van der Waals surface area contributed by atoms with Gasteiger partial charge in [-0.15, -0.1) is 0 Å². The summed E-state index contributed by atoms with van der Waals surface area (Å²) in [6.07, 6.45) is 2.30. The molecule has 1 fully saturated rings. The standard InChI is InChI=1S/C33H33ClFN5O5/c1-18-21(19-13-26(35)24(28(14-19)45-4)16-36-20-11-12-29(41)37-15-20)7-5-8-22(18)23-9-6-10-27(30(23)34)38-31(42)25-17-39(2)33(44)40(3)32(25)43/h5-10,13-14,17,20,36H,11-12,15-16H2,1-4H3,(H,37,41)(H,38,42)/t20-/m1/s1. The Morgan fingerprint density at radius 2 is 1.80 bits per heavy atom. The van der Waals surface area contributed by atoms with E-state index in [1.807, 2.05) is 25.1 Å². The Labute approximate surface area is 263 Å². The number of piperidine rings is 1. The fraction of sp³-hybridized carbons (Fsp3) is 0.273. The largest absolute Gasteiger partial charge is 0.496 e. The van der Waals surface area contributed by atoms with Gasteiger partial charge in [0.1, 0.15) is 17.1 Å². The van der Waals surface area contributed by atoms with Gasteiger partial charge in [0.2, 0.25) is 5.91 Å². The summed E-state index contributed by atoms with van der Waals surface area (Å²) in [6, 6.07) is 14.1. The maximum absolute atomic E-state index is 15.5. The third kappa shape index (κ3) is 6.40. The summed E-state index contributed by atoms with van der Waals surface area (Å²) in [5.41, 5.74) is 2.77. The van der Waals surface area contributed by atoms with Gasteiger partial charge in [0.15, 0.2) is 0 Å². The van der Waals surface area contributed by atoms with Gasteiger partial charge in [0.05, 0.1) is 17.8 Å². The zero-order chi connectivity index (χ0) is 32.4. The second-order valence-electron chi connectivity index (χ2n) is 11.0. The van der Waals surface area contributed by atoms with Gasteiger partial charge < -0.3 is 25.3 Å². The highest BCUT2D eigenvalue weighted by atomic mass is 35.5. The number of aryl methyl sites for hydroxylation is 1. The molecule has 4 aromatic rings. The van der Waals surface area contributed by atoms with Crippen molar-refractivity contribution in [3.63, 3.8) is 0 Å². The first-order valence-electron chi connectivity index (χ1n) is 14.3. The number of ether oxygens (including phenoxy) is 1. The number of carbonyl (C=O) groups is 2. The van der Waals surface area contributed by atoms with Gasteiger partial charge in [-0.3, -0.25) is 19.0 Å². The van der Waals surface area contributed by atoms with E-state index in [-0.39, 0.29) is 34.8 Å². The van der Waals surface area contributed by atoms with Crippen LogP contribution in [-0.2, 0) is 25.4 Å². The lowest BCUT2D eigenvalue weighted by Gasteiger charge is -2.24. The zero-order valence-electron chi connectivity index (χ0n) is 25.3. The van der Waals surface area contributed by atoms with E-state index in [0.29, 0.717) is 41.8 Å². The molecular weight excluding hydrogens is 601 g/mol. The van der Waals surface area contributed by atoms with Gasteiger partial charge >= 0.3 is 5.69 Å². The lowest BCUT2D eigenvalue weighted by Crippen LogP contribution is -2.45. The lowest BCUT2D eigenvalue weighted by molar-refractivity contribution is -0.122. The minimum absolute atomic E-state index is 0.0184. The molecule has 2 amide bonds. The molecule has 3 N–H and O–H groups in total. The monoisotopic (exact) mass is 633 g/mol. The van der Waals surface area contributed by atoms with Crippen LogP contribution >= 0.6 is 11.6 Å². The highest BCUT2D eigenvalue weighted by molar-refractivity contribution is 6.36. The summed E-state index contributed by atoms with van der Waals surface area (Å²) in [5, 5.41) is 9.07. The van der Waals surface area contributed by atoms with E-state index in [2.05, 4.69) is 16.0 Å². The first-order valence-corrected chi connectivity index (χ1v) is 14.7. The van der Waals surface area contributed by atoms with Crippen LogP contribution in [0.5, 0.6) is 5.75 Å². The Bertz CT molecular complexity index is 1930. The first kappa shape index (κ1) is 31.7. The number of carbonyl (C=O) groups excluding carboxylic acids is 2. The van der Waals surface area contributed by atoms with Crippen molar-refractivity contribution in [2.75, 3.05) is 19.0 Å². The van der Waals surface area contributed by atoms with Crippen molar-refractivity contribution >= 4 is 29.1 Å². The lowest BCUT2D eigenvalue weighted by atomic mass is 9.91. The molecule has 0 radical (unpaired) electrons. The maximum Gasteiger partial charge on any atom is 0.330 e. The number of hydrogen-bond acceptors (Lipinski definition) is 6. The van der Waals surface area contributed by atoms with Crippen LogP contribution in [0.1, 0.15) is 34.3 Å². The number of hydrogen-bond donors (Lipinski definition) is 3. The Morgan fingerprint density at radius 3 is 2.51 bits per heavy atom. The van der Waals surface area contributed by atoms with Crippen molar-refractivity contribution in [1.29, 1.82) is 0 Å². The molecule has 3 aromatic carbocycles. The van der Waals surface area contributed by atoms with Crippen LogP contribution in [0.4, 0.5) is 10.1 Å². The Hall–Kier alpha value is -4.74. The van der Waals surface area contributed by atoms with Crippen molar-refractivity contribution < 1.29 is 18.7 Å². The number of benzene rings is 3. The van der Waals surface area contributed by atoms with Crippen molar-refractivity contribution in [2.45, 2.75) is 32.4 Å². The highest BCUT2D eigenvalue weighted by Gasteiger charge is 2.21. The van der Waals surface area contributed by atoms with Crippen LogP contribution in [0, 0.1) is 12.7 Å². The fourth-order valence-corrected chi connectivity index (χ4v) is 5.78. The topological polar surface area (TPSA) is 123 Å². The summed E-state index contributed by atoms with van der Waals surface area (Å²) >= 11 is 6.81. The zero-order valence-corrected chi connectivity index (χ0v) is 26.0. The van der Waals surface area contributed by atoms with Gasteiger partial charge in [-0.1, -0.05) is 41.9 Å². The fourth-order valence-electron chi connectivity index (χ4n) is 5.50. The van der Waals surface area contributed by atoms with Crippen LogP contribution in [0.3, 0.4) is 0 Å². The molecule has 1 saturated heterocycles. The molecule has 2 heterocycles. The number of amides is 2. The average Bonchev–Trinajstić information content (AvgIpc) is 3.03. The maximum atomic E-state index is 15.5. The molecule has 45 heavy (non-hydrogen) atoms. The molecule has 234 valence electrons. The molecule has 0 saturated carbocycles. The number of methoxy groups -OCH3 is 1. The number of rotatable bonds is 8. The first-order chi connectivity index (χ1) is 21.5. The van der Waals surface area contributed by atoms with Crippen molar-refractivity contribution in [3.8, 4) is 28.0 Å². The molecule has 0 bridgehead atoms. The van der Waals surface area contributed by atoms with Gasteiger partial charge in [0.25, 0.3) is 11.5 Å². The summed E-state index contributed by atoms with van der Waals surface area (Å²) in [5.74, 6) is -0.714. The molecule has 1 aliphatic rings. The Kier molecular flexibility index (Phi) is 9.21. The van der Waals surface area contributed by atoms with E-state index in [1.165, 1.54) is 33.5 Å². The minimum atomic E-state index is -0.724. The van der Waals surface area contributed by atoms with E-state index in [9.17, 15) is 19.2 Å². The molecule has 0 unspecified atom stereocenters. The molecule has 0 spiro atoms. The quantitative estimate of drug-likeness (QED) is 0.268. The third-order valence-electron chi connectivity index (χ3n) is 8.08. The van der Waals surface area contributed by atoms with E-state index in [4.69, 9.17) is 16.3 Å². The average molecular weight is 634 g/mol. The van der Waals surface area contributed by atoms with Crippen LogP contribution in [0.25, 0.3) is 22.3 Å². The van der Waals surface area contributed by atoms with Crippen molar-refractivity contribution in [2.24, 2.45) is 14.1 Å². The SMILES string of the molecule is COc1cc(-c2cccc(-c3cccc(NC(=O)c4cn(C)c(=O)n(C)c4=O)c3Cl)c2C)cc(F)c1CN[C@@H]1CCC(=O)NC1. The summed E-state index contributed by atoms with van der Waals surface area (Å²) in [6.45, 7) is 2.64.